The third kappa shape index (κ3) is 0.731. The minimum absolute atomic E-state index is 0.843. The van der Waals surface area contributed by atoms with Gasteiger partial charge in [0.1, 0.15) is 0 Å². The van der Waals surface area contributed by atoms with Crippen molar-refractivity contribution in [2.45, 2.75) is 0 Å². The summed E-state index contributed by atoms with van der Waals surface area (Å²) in [6.45, 7) is 0. The van der Waals surface area contributed by atoms with Gasteiger partial charge in [-0.1, -0.05) is 0 Å². The van der Waals surface area contributed by atoms with E-state index in [1.807, 2.05) is 24.5 Å². The third-order valence-corrected chi connectivity index (χ3v) is 2.43. The SMILES string of the molecule is Nc1c2cc[nH]c2cc2[nH]ccc12. The average Bonchev–Trinajstić information content (AvgIpc) is 2.71. The molecule has 0 saturated heterocycles. The van der Waals surface area contributed by atoms with Crippen molar-refractivity contribution in [2.75, 3.05) is 5.73 Å². The summed E-state index contributed by atoms with van der Waals surface area (Å²) in [7, 11) is 0. The van der Waals surface area contributed by atoms with Gasteiger partial charge in [0.15, 0.2) is 0 Å². The minimum Gasteiger partial charge on any atom is -0.398 e. The molecule has 2 heterocycles. The van der Waals surface area contributed by atoms with Crippen molar-refractivity contribution in [2.24, 2.45) is 0 Å². The molecule has 0 unspecified atom stereocenters. The summed E-state index contributed by atoms with van der Waals surface area (Å²) in [6.07, 6.45) is 3.81. The number of H-pyrrole nitrogens is 2. The summed E-state index contributed by atoms with van der Waals surface area (Å²) >= 11 is 0. The topological polar surface area (TPSA) is 57.6 Å². The molecule has 0 fully saturated rings. The molecule has 0 bridgehead atoms. The molecule has 3 nitrogen and oxygen atoms in total. The zero-order valence-corrected chi connectivity index (χ0v) is 6.96. The number of hydrogen-bond acceptors (Lipinski definition) is 1. The number of fused-ring (bicyclic) bond motifs is 2. The van der Waals surface area contributed by atoms with Crippen LogP contribution in [0.3, 0.4) is 0 Å². The van der Waals surface area contributed by atoms with Crippen LogP contribution < -0.4 is 5.73 Å². The number of hydrogen-bond donors (Lipinski definition) is 3. The molecule has 0 aliphatic heterocycles. The number of anilines is 1. The monoisotopic (exact) mass is 171 g/mol. The highest BCUT2D eigenvalue weighted by molar-refractivity contribution is 6.08. The summed E-state index contributed by atoms with van der Waals surface area (Å²) < 4.78 is 0. The first kappa shape index (κ1) is 6.60. The van der Waals surface area contributed by atoms with E-state index >= 15 is 0 Å². The number of nitrogen functional groups attached to an aromatic ring is 1. The number of benzene rings is 1. The Balaban J connectivity index is 2.67. The molecule has 2 aromatic heterocycles. The molecule has 0 spiro atoms. The first-order chi connectivity index (χ1) is 6.36. The second-order valence-corrected chi connectivity index (χ2v) is 3.17. The van der Waals surface area contributed by atoms with Gasteiger partial charge in [-0.3, -0.25) is 0 Å². The predicted octanol–water partition coefficient (Wildman–Crippen LogP) is 2.23. The molecule has 0 radical (unpaired) electrons. The molecule has 3 rings (SSSR count). The first-order valence-corrected chi connectivity index (χ1v) is 4.19. The summed E-state index contributed by atoms with van der Waals surface area (Å²) in [5.74, 6) is 0. The number of nitrogens with one attached hydrogen (secondary N) is 2. The van der Waals surface area contributed by atoms with E-state index < -0.39 is 0 Å². The predicted molar refractivity (Wildman–Crippen MR) is 54.6 cm³/mol. The number of aromatic amines is 2. The highest BCUT2D eigenvalue weighted by Gasteiger charge is 2.04. The van der Waals surface area contributed by atoms with E-state index in [1.54, 1.807) is 0 Å². The zero-order chi connectivity index (χ0) is 8.84. The Hall–Kier alpha value is -1.90. The van der Waals surface area contributed by atoms with Crippen molar-refractivity contribution in [1.29, 1.82) is 0 Å². The molecule has 0 atom stereocenters. The smallest absolute Gasteiger partial charge is 0.0504 e. The van der Waals surface area contributed by atoms with Gasteiger partial charge in [0.2, 0.25) is 0 Å². The summed E-state index contributed by atoms with van der Waals surface area (Å²) in [6, 6.07) is 6.06. The molecule has 1 aromatic carbocycles. The number of rotatable bonds is 0. The van der Waals surface area contributed by atoms with Crippen molar-refractivity contribution in [3.05, 3.63) is 30.6 Å². The second-order valence-electron chi connectivity index (χ2n) is 3.17. The quantitative estimate of drug-likeness (QED) is 0.446. The molecule has 13 heavy (non-hydrogen) atoms. The van der Waals surface area contributed by atoms with Crippen LogP contribution in [0.5, 0.6) is 0 Å². The largest absolute Gasteiger partial charge is 0.398 e. The molecule has 0 amide bonds. The van der Waals surface area contributed by atoms with Crippen LogP contribution in [0.15, 0.2) is 30.6 Å². The Morgan fingerprint density at radius 1 is 0.923 bits per heavy atom. The van der Waals surface area contributed by atoms with Crippen LogP contribution in [0.4, 0.5) is 5.69 Å². The molecular formula is C10H9N3. The molecular weight excluding hydrogens is 162 g/mol. The lowest BCUT2D eigenvalue weighted by Gasteiger charge is -1.98. The van der Waals surface area contributed by atoms with E-state index in [9.17, 15) is 0 Å². The lowest BCUT2D eigenvalue weighted by Crippen LogP contribution is -1.86. The van der Waals surface area contributed by atoms with Gasteiger partial charge < -0.3 is 15.7 Å². The minimum atomic E-state index is 0.843. The van der Waals surface area contributed by atoms with Gasteiger partial charge in [-0.2, -0.15) is 0 Å². The maximum Gasteiger partial charge on any atom is 0.0504 e. The van der Waals surface area contributed by atoms with E-state index in [4.69, 9.17) is 5.73 Å². The maximum atomic E-state index is 6.00. The normalized spacial score (nSPS) is 11.4. The van der Waals surface area contributed by atoms with Crippen LogP contribution in [0.2, 0.25) is 0 Å². The lowest BCUT2D eigenvalue weighted by atomic mass is 10.1. The van der Waals surface area contributed by atoms with Crippen LogP contribution in [-0.2, 0) is 0 Å². The second kappa shape index (κ2) is 2.07. The molecule has 3 aromatic rings. The fraction of sp³-hybridized carbons (Fsp3) is 0. The van der Waals surface area contributed by atoms with Crippen LogP contribution in [0.25, 0.3) is 21.8 Å². The zero-order valence-electron chi connectivity index (χ0n) is 6.96. The molecule has 4 N–H and O–H groups in total. The maximum absolute atomic E-state index is 6.00. The summed E-state index contributed by atoms with van der Waals surface area (Å²) in [4.78, 5) is 6.28. The highest BCUT2D eigenvalue weighted by Crippen LogP contribution is 2.28. The summed E-state index contributed by atoms with van der Waals surface area (Å²) in [5, 5.41) is 2.18. The van der Waals surface area contributed by atoms with Gasteiger partial charge in [0, 0.05) is 34.2 Å². The van der Waals surface area contributed by atoms with E-state index in [0.29, 0.717) is 0 Å². The summed E-state index contributed by atoms with van der Waals surface area (Å²) in [5.41, 5.74) is 9.00. The van der Waals surface area contributed by atoms with Gasteiger partial charge in [0.05, 0.1) is 5.69 Å². The van der Waals surface area contributed by atoms with Crippen LogP contribution in [0, 0.1) is 0 Å². The fourth-order valence-electron chi connectivity index (χ4n) is 1.76. The first-order valence-electron chi connectivity index (χ1n) is 4.19. The number of aromatic nitrogens is 2. The molecule has 3 heteroatoms. The van der Waals surface area contributed by atoms with Crippen molar-refractivity contribution < 1.29 is 0 Å². The van der Waals surface area contributed by atoms with Crippen molar-refractivity contribution in [1.82, 2.24) is 9.97 Å². The van der Waals surface area contributed by atoms with Crippen molar-refractivity contribution in [3.63, 3.8) is 0 Å². The molecule has 64 valence electrons. The average molecular weight is 171 g/mol. The van der Waals surface area contributed by atoms with Gasteiger partial charge in [0.25, 0.3) is 0 Å². The molecule has 0 aliphatic rings. The Morgan fingerprint density at radius 2 is 1.46 bits per heavy atom. The van der Waals surface area contributed by atoms with Gasteiger partial charge in [-0.25, -0.2) is 0 Å². The van der Waals surface area contributed by atoms with Crippen LogP contribution in [-0.4, -0.2) is 9.97 Å². The Morgan fingerprint density at radius 3 is 2.00 bits per heavy atom. The van der Waals surface area contributed by atoms with Crippen molar-refractivity contribution in [3.8, 4) is 0 Å². The van der Waals surface area contributed by atoms with Crippen LogP contribution >= 0.6 is 0 Å². The Kier molecular flexibility index (Phi) is 1.05. The van der Waals surface area contributed by atoms with Crippen LogP contribution in [0.1, 0.15) is 0 Å². The van der Waals surface area contributed by atoms with E-state index in [1.165, 1.54) is 0 Å². The Bertz CT molecular complexity index is 525. The standard InChI is InChI=1S/C10H9N3/c11-10-6-1-3-12-8(6)5-9-7(10)2-4-13-9/h1-5,12-13H,11H2. The number of nitrogens with two attached hydrogens (primary N) is 1. The van der Waals surface area contributed by atoms with Gasteiger partial charge in [-0.05, 0) is 18.2 Å². The van der Waals surface area contributed by atoms with Crippen molar-refractivity contribution >= 4 is 27.5 Å². The highest BCUT2D eigenvalue weighted by atomic mass is 14.7. The molecule has 0 saturated carbocycles. The van der Waals surface area contributed by atoms with E-state index in [2.05, 4.69) is 16.0 Å². The fourth-order valence-corrected chi connectivity index (χ4v) is 1.76. The third-order valence-electron chi connectivity index (χ3n) is 2.43. The lowest BCUT2D eigenvalue weighted by molar-refractivity contribution is 1.46. The Labute approximate surface area is 74.6 Å². The van der Waals surface area contributed by atoms with Gasteiger partial charge >= 0.3 is 0 Å². The molecule has 0 aliphatic carbocycles. The van der Waals surface area contributed by atoms with E-state index in [0.717, 1.165) is 27.5 Å². The van der Waals surface area contributed by atoms with E-state index in [-0.39, 0.29) is 0 Å². The van der Waals surface area contributed by atoms with Gasteiger partial charge in [-0.15, -0.1) is 0 Å².